The number of ether oxygens (including phenoxy) is 1. The molecule has 0 fully saturated rings. The molecule has 5 nitrogen and oxygen atoms in total. The smallest absolute Gasteiger partial charge is 0.340 e. The van der Waals surface area contributed by atoms with Gasteiger partial charge in [0.15, 0.2) is 0 Å². The number of carbonyl (C=O) groups is 2. The molecule has 1 aromatic rings. The molecule has 3 N–H and O–H groups in total. The van der Waals surface area contributed by atoms with Crippen molar-refractivity contribution in [2.24, 2.45) is 5.73 Å². The Morgan fingerprint density at radius 2 is 1.95 bits per heavy atom. The maximum Gasteiger partial charge on any atom is 0.340 e. The molecule has 0 saturated carbocycles. The number of carbonyl (C=O) groups excluding carboxylic acids is 2. The normalized spacial score (nSPS) is 10.3. The summed E-state index contributed by atoms with van der Waals surface area (Å²) in [6.45, 7) is 0.631. The van der Waals surface area contributed by atoms with Gasteiger partial charge in [0.25, 0.3) is 0 Å². The molecule has 0 aliphatic carbocycles. The highest BCUT2D eigenvalue weighted by Gasteiger charge is 2.17. The van der Waals surface area contributed by atoms with Crippen LogP contribution in [-0.2, 0) is 9.53 Å². The third kappa shape index (κ3) is 5.76. The van der Waals surface area contributed by atoms with Crippen molar-refractivity contribution in [3.8, 4) is 0 Å². The summed E-state index contributed by atoms with van der Waals surface area (Å²) in [6.07, 6.45) is 2.98. The van der Waals surface area contributed by atoms with Gasteiger partial charge in [0, 0.05) is 15.4 Å². The minimum absolute atomic E-state index is 0.139. The third-order valence-corrected chi connectivity index (χ3v) is 3.92. The number of methoxy groups -OCH3 is 1. The Balaban J connectivity index is 2.82. The van der Waals surface area contributed by atoms with Crippen LogP contribution in [0, 0.1) is 0 Å². The van der Waals surface area contributed by atoms with E-state index in [0.717, 1.165) is 23.7 Å². The Morgan fingerprint density at radius 1 is 1.24 bits per heavy atom. The Bertz CT molecular complexity index is 521. The monoisotopic (exact) mass is 420 g/mol. The van der Waals surface area contributed by atoms with Crippen molar-refractivity contribution in [1.82, 2.24) is 0 Å². The molecule has 0 spiro atoms. The average molecular weight is 422 g/mol. The topological polar surface area (TPSA) is 81.4 Å². The highest BCUT2D eigenvalue weighted by atomic mass is 79.9. The number of benzene rings is 1. The van der Waals surface area contributed by atoms with Crippen LogP contribution < -0.4 is 11.1 Å². The molecular formula is C14H18Br2N2O3. The third-order valence-electron chi connectivity index (χ3n) is 2.83. The molecule has 0 unspecified atom stereocenters. The van der Waals surface area contributed by atoms with Crippen molar-refractivity contribution in [3.05, 3.63) is 26.6 Å². The van der Waals surface area contributed by atoms with Gasteiger partial charge in [0.2, 0.25) is 5.91 Å². The number of hydrogen-bond acceptors (Lipinski definition) is 4. The van der Waals surface area contributed by atoms with Gasteiger partial charge < -0.3 is 15.8 Å². The number of rotatable bonds is 7. The van der Waals surface area contributed by atoms with Gasteiger partial charge in [0.1, 0.15) is 0 Å². The Hall–Kier alpha value is -0.920. The van der Waals surface area contributed by atoms with Gasteiger partial charge in [0.05, 0.1) is 18.4 Å². The number of hydrogen-bond donors (Lipinski definition) is 2. The van der Waals surface area contributed by atoms with Gasteiger partial charge in [-0.1, -0.05) is 22.4 Å². The molecule has 0 saturated heterocycles. The lowest BCUT2D eigenvalue weighted by Gasteiger charge is -2.12. The number of nitrogens with two attached hydrogens (primary N) is 1. The number of esters is 1. The lowest BCUT2D eigenvalue weighted by Crippen LogP contribution is -2.15. The molecule has 1 aromatic carbocycles. The fraction of sp³-hybridized carbons (Fsp3) is 0.429. The first-order chi connectivity index (χ1) is 9.99. The fourth-order valence-electron chi connectivity index (χ4n) is 1.78. The highest BCUT2D eigenvalue weighted by molar-refractivity contribution is 9.11. The summed E-state index contributed by atoms with van der Waals surface area (Å²) in [5.41, 5.74) is 6.13. The zero-order valence-electron chi connectivity index (χ0n) is 11.7. The van der Waals surface area contributed by atoms with E-state index in [9.17, 15) is 9.59 Å². The summed E-state index contributed by atoms with van der Waals surface area (Å²) in [6, 6.07) is 3.37. The van der Waals surface area contributed by atoms with Crippen LogP contribution in [0.3, 0.4) is 0 Å². The van der Waals surface area contributed by atoms with Crippen LogP contribution in [0.4, 0.5) is 5.69 Å². The molecule has 0 aromatic heterocycles. The van der Waals surface area contributed by atoms with E-state index in [1.165, 1.54) is 7.11 Å². The predicted molar refractivity (Wildman–Crippen MR) is 89.3 cm³/mol. The summed E-state index contributed by atoms with van der Waals surface area (Å²) in [5, 5.41) is 2.76. The summed E-state index contributed by atoms with van der Waals surface area (Å²) in [5.74, 6) is -0.643. The Labute approximate surface area is 140 Å². The van der Waals surface area contributed by atoms with E-state index in [-0.39, 0.29) is 5.91 Å². The molecule has 7 heteroatoms. The standard InChI is InChI=1S/C14H18Br2N2O3/c1-21-14(20)10-7-9(15)8-11(16)13(10)18-12(19)5-3-2-4-6-17/h7-8H,2-6,17H2,1H3,(H,18,19). The van der Waals surface area contributed by atoms with E-state index in [1.54, 1.807) is 12.1 Å². The zero-order chi connectivity index (χ0) is 15.8. The number of anilines is 1. The maximum atomic E-state index is 11.9. The van der Waals surface area contributed by atoms with Crippen LogP contribution in [0.25, 0.3) is 0 Å². The Morgan fingerprint density at radius 3 is 2.57 bits per heavy atom. The van der Waals surface area contributed by atoms with Crippen LogP contribution in [-0.4, -0.2) is 25.5 Å². The van der Waals surface area contributed by atoms with E-state index >= 15 is 0 Å². The van der Waals surface area contributed by atoms with Gasteiger partial charge in [-0.25, -0.2) is 4.79 Å². The summed E-state index contributed by atoms with van der Waals surface area (Å²) in [4.78, 5) is 23.7. The van der Waals surface area contributed by atoms with Crippen molar-refractivity contribution in [2.45, 2.75) is 25.7 Å². The van der Waals surface area contributed by atoms with Crippen molar-refractivity contribution in [3.63, 3.8) is 0 Å². The molecule has 21 heavy (non-hydrogen) atoms. The van der Waals surface area contributed by atoms with Gasteiger partial charge in [-0.2, -0.15) is 0 Å². The minimum Gasteiger partial charge on any atom is -0.465 e. The van der Waals surface area contributed by atoms with E-state index in [1.807, 2.05) is 0 Å². The van der Waals surface area contributed by atoms with Gasteiger partial charge in [-0.05, 0) is 47.4 Å². The van der Waals surface area contributed by atoms with Crippen molar-refractivity contribution < 1.29 is 14.3 Å². The summed E-state index contributed by atoms with van der Waals surface area (Å²) in [7, 11) is 1.30. The zero-order valence-corrected chi connectivity index (χ0v) is 14.9. The predicted octanol–water partition coefficient (Wildman–Crippen LogP) is 3.46. The summed E-state index contributed by atoms with van der Waals surface area (Å²) < 4.78 is 6.07. The molecule has 1 rings (SSSR count). The number of halogens is 2. The van der Waals surface area contributed by atoms with Crippen LogP contribution in [0.2, 0.25) is 0 Å². The molecular weight excluding hydrogens is 404 g/mol. The maximum absolute atomic E-state index is 11.9. The second-order valence-electron chi connectivity index (χ2n) is 4.45. The summed E-state index contributed by atoms with van der Waals surface area (Å²) >= 11 is 6.66. The average Bonchev–Trinajstić information content (AvgIpc) is 2.45. The van der Waals surface area contributed by atoms with Gasteiger partial charge >= 0.3 is 5.97 Å². The van der Waals surface area contributed by atoms with E-state index in [4.69, 9.17) is 10.5 Å². The number of amides is 1. The van der Waals surface area contributed by atoms with Crippen LogP contribution in [0.5, 0.6) is 0 Å². The van der Waals surface area contributed by atoms with E-state index in [2.05, 4.69) is 37.2 Å². The molecule has 0 bridgehead atoms. The van der Waals surface area contributed by atoms with Gasteiger partial charge in [-0.15, -0.1) is 0 Å². The van der Waals surface area contributed by atoms with Crippen molar-refractivity contribution in [2.75, 3.05) is 19.0 Å². The van der Waals surface area contributed by atoms with Gasteiger partial charge in [-0.3, -0.25) is 4.79 Å². The Kier molecular flexibility index (Phi) is 7.92. The molecule has 1 amide bonds. The number of unbranched alkanes of at least 4 members (excludes halogenated alkanes) is 2. The second-order valence-corrected chi connectivity index (χ2v) is 6.22. The quantitative estimate of drug-likeness (QED) is 0.521. The molecule has 0 aliphatic rings. The molecule has 0 aliphatic heterocycles. The lowest BCUT2D eigenvalue weighted by atomic mass is 10.1. The minimum atomic E-state index is -0.504. The second kappa shape index (κ2) is 9.17. The van der Waals surface area contributed by atoms with E-state index in [0.29, 0.717) is 28.7 Å². The molecule has 116 valence electrons. The van der Waals surface area contributed by atoms with Crippen LogP contribution in [0.1, 0.15) is 36.0 Å². The SMILES string of the molecule is COC(=O)c1cc(Br)cc(Br)c1NC(=O)CCCCCN. The molecule has 0 heterocycles. The van der Waals surface area contributed by atoms with Crippen LogP contribution >= 0.6 is 31.9 Å². The van der Waals surface area contributed by atoms with Crippen molar-refractivity contribution >= 4 is 49.4 Å². The van der Waals surface area contributed by atoms with Crippen LogP contribution in [0.15, 0.2) is 21.1 Å². The lowest BCUT2D eigenvalue weighted by molar-refractivity contribution is -0.116. The molecule has 0 atom stereocenters. The highest BCUT2D eigenvalue weighted by Crippen LogP contribution is 2.31. The largest absolute Gasteiger partial charge is 0.465 e. The first-order valence-electron chi connectivity index (χ1n) is 6.57. The fourth-order valence-corrected chi connectivity index (χ4v) is 3.10. The first kappa shape index (κ1) is 18.1. The number of nitrogens with one attached hydrogen (secondary N) is 1. The molecule has 0 radical (unpaired) electrons. The first-order valence-corrected chi connectivity index (χ1v) is 8.15. The van der Waals surface area contributed by atoms with Crippen molar-refractivity contribution in [1.29, 1.82) is 0 Å². The van der Waals surface area contributed by atoms with E-state index < -0.39 is 5.97 Å².